The highest BCUT2D eigenvalue weighted by Gasteiger charge is 2.03. The van der Waals surface area contributed by atoms with Crippen LogP contribution in [0.3, 0.4) is 0 Å². The van der Waals surface area contributed by atoms with Crippen molar-refractivity contribution >= 4 is 5.69 Å². The third kappa shape index (κ3) is 2.77. The van der Waals surface area contributed by atoms with Gasteiger partial charge in [0.2, 0.25) is 0 Å². The lowest BCUT2D eigenvalue weighted by atomic mass is 10.2. The maximum absolute atomic E-state index is 9.21. The molecule has 0 unspecified atom stereocenters. The average Bonchev–Trinajstić information content (AvgIpc) is 2.41. The van der Waals surface area contributed by atoms with Gasteiger partial charge in [-0.3, -0.25) is 0 Å². The zero-order valence-electron chi connectivity index (χ0n) is 10.0. The summed E-state index contributed by atoms with van der Waals surface area (Å²) in [5, 5.41) is 17.9. The second-order valence-electron chi connectivity index (χ2n) is 4.04. The Morgan fingerprint density at radius 3 is 2.50 bits per heavy atom. The van der Waals surface area contributed by atoms with E-state index < -0.39 is 0 Å². The molecule has 90 valence electrons. The van der Waals surface area contributed by atoms with Crippen molar-refractivity contribution in [3.8, 4) is 11.8 Å². The predicted octanol–water partition coefficient (Wildman–Crippen LogP) is 2.30. The maximum Gasteiger partial charge on any atom is 0.140 e. The molecule has 4 nitrogen and oxygen atoms in total. The van der Waals surface area contributed by atoms with E-state index in [0.29, 0.717) is 12.2 Å². The number of aromatic nitrogens is 1. The summed E-state index contributed by atoms with van der Waals surface area (Å²) < 4.78 is 0. The number of anilines is 1. The molecule has 0 bridgehead atoms. The van der Waals surface area contributed by atoms with Gasteiger partial charge in [0.05, 0.1) is 11.9 Å². The molecular weight excluding hydrogens is 226 g/mol. The molecule has 0 aliphatic heterocycles. The van der Waals surface area contributed by atoms with Crippen LogP contribution in [-0.4, -0.2) is 17.1 Å². The molecule has 1 aromatic heterocycles. The number of pyridine rings is 1. The van der Waals surface area contributed by atoms with Gasteiger partial charge in [0.15, 0.2) is 0 Å². The van der Waals surface area contributed by atoms with Crippen molar-refractivity contribution in [2.75, 3.05) is 11.9 Å². The van der Waals surface area contributed by atoms with Crippen molar-refractivity contribution in [3.05, 3.63) is 53.9 Å². The SMILES string of the molecule is CN(Cc1ccc(O)cc1)c1ccc(C#N)nc1. The normalized spacial score (nSPS) is 9.78. The molecule has 0 aliphatic rings. The molecule has 0 atom stereocenters. The van der Waals surface area contributed by atoms with Crippen LogP contribution in [0.2, 0.25) is 0 Å². The first-order valence-corrected chi connectivity index (χ1v) is 5.54. The van der Waals surface area contributed by atoms with Gasteiger partial charge in [-0.15, -0.1) is 0 Å². The summed E-state index contributed by atoms with van der Waals surface area (Å²) in [4.78, 5) is 6.06. The Bertz CT molecular complexity index is 555. The zero-order chi connectivity index (χ0) is 13.0. The number of hydrogen-bond donors (Lipinski definition) is 1. The average molecular weight is 239 g/mol. The van der Waals surface area contributed by atoms with Gasteiger partial charge in [0, 0.05) is 13.6 Å². The molecule has 0 radical (unpaired) electrons. The molecule has 0 spiro atoms. The van der Waals surface area contributed by atoms with Crippen LogP contribution in [0.1, 0.15) is 11.3 Å². The molecule has 0 aliphatic carbocycles. The number of rotatable bonds is 3. The minimum atomic E-state index is 0.265. The Morgan fingerprint density at radius 1 is 1.22 bits per heavy atom. The summed E-state index contributed by atoms with van der Waals surface area (Å²) in [5.41, 5.74) is 2.46. The van der Waals surface area contributed by atoms with E-state index >= 15 is 0 Å². The van der Waals surface area contributed by atoms with Gasteiger partial charge in [-0.05, 0) is 29.8 Å². The van der Waals surface area contributed by atoms with Gasteiger partial charge in [-0.2, -0.15) is 5.26 Å². The lowest BCUT2D eigenvalue weighted by molar-refractivity contribution is 0.475. The number of phenols is 1. The van der Waals surface area contributed by atoms with Crippen molar-refractivity contribution in [3.63, 3.8) is 0 Å². The first-order valence-electron chi connectivity index (χ1n) is 5.54. The van der Waals surface area contributed by atoms with Crippen LogP contribution < -0.4 is 4.90 Å². The van der Waals surface area contributed by atoms with Gasteiger partial charge in [0.1, 0.15) is 17.5 Å². The molecule has 0 fully saturated rings. The summed E-state index contributed by atoms with van der Waals surface area (Å²) in [6, 6.07) is 12.6. The summed E-state index contributed by atoms with van der Waals surface area (Å²) in [7, 11) is 1.95. The van der Waals surface area contributed by atoms with Gasteiger partial charge in [-0.1, -0.05) is 12.1 Å². The molecule has 2 aromatic rings. The monoisotopic (exact) mass is 239 g/mol. The largest absolute Gasteiger partial charge is 0.508 e. The third-order valence-electron chi connectivity index (χ3n) is 2.66. The maximum atomic E-state index is 9.21. The van der Waals surface area contributed by atoms with Crippen LogP contribution in [0.25, 0.3) is 0 Å². The van der Waals surface area contributed by atoms with Crippen LogP contribution >= 0.6 is 0 Å². The fourth-order valence-electron chi connectivity index (χ4n) is 1.64. The van der Waals surface area contributed by atoms with Gasteiger partial charge < -0.3 is 10.0 Å². The fraction of sp³-hybridized carbons (Fsp3) is 0.143. The molecule has 18 heavy (non-hydrogen) atoms. The molecule has 2 rings (SSSR count). The highest BCUT2D eigenvalue weighted by Crippen LogP contribution is 2.16. The molecular formula is C14H13N3O. The highest BCUT2D eigenvalue weighted by molar-refractivity contribution is 5.45. The van der Waals surface area contributed by atoms with E-state index in [4.69, 9.17) is 5.26 Å². The van der Waals surface area contributed by atoms with Gasteiger partial charge >= 0.3 is 0 Å². The van der Waals surface area contributed by atoms with Crippen molar-refractivity contribution in [2.24, 2.45) is 0 Å². The lowest BCUT2D eigenvalue weighted by Gasteiger charge is -2.18. The first-order chi connectivity index (χ1) is 8.69. The third-order valence-corrected chi connectivity index (χ3v) is 2.66. The Balaban J connectivity index is 2.09. The number of benzene rings is 1. The number of hydrogen-bond acceptors (Lipinski definition) is 4. The summed E-state index contributed by atoms with van der Waals surface area (Å²) >= 11 is 0. The van der Waals surface area contributed by atoms with Crippen LogP contribution in [0.15, 0.2) is 42.6 Å². The second kappa shape index (κ2) is 5.19. The van der Waals surface area contributed by atoms with Crippen LogP contribution in [0.4, 0.5) is 5.69 Å². The summed E-state index contributed by atoms with van der Waals surface area (Å²) in [6.07, 6.45) is 1.68. The lowest BCUT2D eigenvalue weighted by Crippen LogP contribution is -2.16. The molecule has 0 amide bonds. The van der Waals surface area contributed by atoms with E-state index in [0.717, 1.165) is 11.3 Å². The quantitative estimate of drug-likeness (QED) is 0.892. The van der Waals surface area contributed by atoms with E-state index in [1.54, 1.807) is 24.4 Å². The molecule has 1 aromatic carbocycles. The number of nitriles is 1. The number of phenolic OH excluding ortho intramolecular Hbond substituents is 1. The van der Waals surface area contributed by atoms with E-state index in [1.807, 2.05) is 36.2 Å². The Hall–Kier alpha value is -2.54. The van der Waals surface area contributed by atoms with Crippen molar-refractivity contribution in [1.29, 1.82) is 5.26 Å². The second-order valence-corrected chi connectivity index (χ2v) is 4.04. The minimum absolute atomic E-state index is 0.265. The van der Waals surface area contributed by atoms with Gasteiger partial charge in [0.25, 0.3) is 0 Å². The standard InChI is InChI=1S/C14H13N3O/c1-17(10-11-2-6-14(18)7-3-11)13-5-4-12(8-15)16-9-13/h2-7,9,18H,10H2,1H3. The molecule has 4 heteroatoms. The van der Waals surface area contributed by atoms with Crippen LogP contribution in [0, 0.1) is 11.3 Å². The van der Waals surface area contributed by atoms with E-state index in [2.05, 4.69) is 4.98 Å². The number of nitrogens with zero attached hydrogens (tertiary/aromatic N) is 3. The number of aromatic hydroxyl groups is 1. The highest BCUT2D eigenvalue weighted by atomic mass is 16.3. The molecule has 0 saturated carbocycles. The Labute approximate surface area is 106 Å². The van der Waals surface area contributed by atoms with Crippen molar-refractivity contribution < 1.29 is 5.11 Å². The summed E-state index contributed by atoms with van der Waals surface area (Å²) in [6.45, 7) is 0.716. The van der Waals surface area contributed by atoms with E-state index in [-0.39, 0.29) is 5.75 Å². The van der Waals surface area contributed by atoms with Crippen molar-refractivity contribution in [1.82, 2.24) is 4.98 Å². The van der Waals surface area contributed by atoms with Crippen LogP contribution in [-0.2, 0) is 6.54 Å². The minimum Gasteiger partial charge on any atom is -0.508 e. The van der Waals surface area contributed by atoms with E-state index in [1.165, 1.54) is 0 Å². The van der Waals surface area contributed by atoms with Crippen LogP contribution in [0.5, 0.6) is 5.75 Å². The smallest absolute Gasteiger partial charge is 0.140 e. The molecule has 0 saturated heterocycles. The van der Waals surface area contributed by atoms with Crippen molar-refractivity contribution in [2.45, 2.75) is 6.54 Å². The van der Waals surface area contributed by atoms with E-state index in [9.17, 15) is 5.11 Å². The molecule has 1 heterocycles. The topological polar surface area (TPSA) is 60.1 Å². The van der Waals surface area contributed by atoms with Gasteiger partial charge in [-0.25, -0.2) is 4.98 Å². The predicted molar refractivity (Wildman–Crippen MR) is 69.2 cm³/mol. The zero-order valence-corrected chi connectivity index (χ0v) is 10.0. The Kier molecular flexibility index (Phi) is 3.44. The molecule has 1 N–H and O–H groups in total. The first kappa shape index (κ1) is 11.9. The fourth-order valence-corrected chi connectivity index (χ4v) is 1.64. The Morgan fingerprint density at radius 2 is 1.94 bits per heavy atom. The summed E-state index contributed by atoms with van der Waals surface area (Å²) in [5.74, 6) is 0.265.